The van der Waals surface area contributed by atoms with Crippen molar-refractivity contribution in [1.82, 2.24) is 9.80 Å². The van der Waals surface area contributed by atoms with Crippen molar-refractivity contribution in [2.24, 2.45) is 5.92 Å². The molecule has 0 aromatic heterocycles. The summed E-state index contributed by atoms with van der Waals surface area (Å²) in [5.41, 5.74) is 1.63. The van der Waals surface area contributed by atoms with Gasteiger partial charge in [-0.05, 0) is 58.1 Å². The topological polar surface area (TPSA) is 79.0 Å². The summed E-state index contributed by atoms with van der Waals surface area (Å²) < 4.78 is 5.27. The molecule has 1 atom stereocenters. The highest BCUT2D eigenvalue weighted by Crippen LogP contribution is 2.35. The molecule has 3 rings (SSSR count). The quantitative estimate of drug-likeness (QED) is 0.570. The number of ketones is 1. The minimum atomic E-state index is -0.548. The van der Waals surface area contributed by atoms with Gasteiger partial charge in [0.1, 0.15) is 12.3 Å². The van der Waals surface area contributed by atoms with E-state index in [0.29, 0.717) is 24.8 Å². The van der Waals surface area contributed by atoms with Crippen molar-refractivity contribution in [3.63, 3.8) is 0 Å². The first-order valence-corrected chi connectivity index (χ1v) is 12.3. The minimum absolute atomic E-state index is 0.0284. The molecule has 1 fully saturated rings. The van der Waals surface area contributed by atoms with Gasteiger partial charge in [0.25, 0.3) is 5.91 Å². The highest BCUT2D eigenvalue weighted by Gasteiger charge is 2.37. The number of ether oxygens (including phenoxy) is 1. The van der Waals surface area contributed by atoms with Gasteiger partial charge in [0.15, 0.2) is 0 Å². The van der Waals surface area contributed by atoms with E-state index >= 15 is 0 Å². The first-order chi connectivity index (χ1) is 15.7. The van der Waals surface area contributed by atoms with Crippen LogP contribution in [0.1, 0.15) is 71.3 Å². The normalized spacial score (nSPS) is 18.1. The number of carbonyl (C=O) groups excluding carboxylic acids is 3. The summed E-state index contributed by atoms with van der Waals surface area (Å²) in [7, 11) is 1.60. The molecule has 1 heterocycles. The third kappa shape index (κ3) is 5.87. The minimum Gasteiger partial charge on any atom is -0.497 e. The Labute approximate surface area is 197 Å². The van der Waals surface area contributed by atoms with Crippen molar-refractivity contribution in [1.29, 1.82) is 0 Å². The second-order valence-corrected chi connectivity index (χ2v) is 9.93. The summed E-state index contributed by atoms with van der Waals surface area (Å²) in [6.45, 7) is 8.71. The molecule has 182 valence electrons. The molecular formula is C26H39N3O4. The zero-order valence-electron chi connectivity index (χ0n) is 20.7. The highest BCUT2D eigenvalue weighted by molar-refractivity contribution is 6.38. The Hall–Kier alpha value is -2.57. The first kappa shape index (κ1) is 25.1. The average molecular weight is 458 g/mol. The fourth-order valence-electron chi connectivity index (χ4n) is 5.30. The molecule has 33 heavy (non-hydrogen) atoms. The van der Waals surface area contributed by atoms with E-state index in [1.165, 1.54) is 11.3 Å². The SMILES string of the molecule is COc1ccc2c(c1)NCC2C(=O)C(=O)N(CC(=O)N(C(C)C)C(C)C)CC1CCCCC1. The van der Waals surface area contributed by atoms with E-state index in [2.05, 4.69) is 5.32 Å². The maximum atomic E-state index is 13.5. The van der Waals surface area contributed by atoms with Gasteiger partial charge in [0, 0.05) is 36.9 Å². The summed E-state index contributed by atoms with van der Waals surface area (Å²) in [6, 6.07) is 5.56. The summed E-state index contributed by atoms with van der Waals surface area (Å²) >= 11 is 0. The summed E-state index contributed by atoms with van der Waals surface area (Å²) in [5.74, 6) is -0.603. The van der Waals surface area contributed by atoms with Crippen LogP contribution in [0, 0.1) is 5.92 Å². The molecule has 7 heteroatoms. The maximum Gasteiger partial charge on any atom is 0.291 e. The number of anilines is 1. The largest absolute Gasteiger partial charge is 0.497 e. The van der Waals surface area contributed by atoms with Gasteiger partial charge in [-0.15, -0.1) is 0 Å². The number of hydrogen-bond donors (Lipinski definition) is 1. The van der Waals surface area contributed by atoms with Gasteiger partial charge in [0.2, 0.25) is 11.7 Å². The number of methoxy groups -OCH3 is 1. The number of Topliss-reactive ketones (excluding diaryl/α,β-unsaturated/α-hetero) is 1. The fourth-order valence-corrected chi connectivity index (χ4v) is 5.30. The van der Waals surface area contributed by atoms with Gasteiger partial charge >= 0.3 is 0 Å². The lowest BCUT2D eigenvalue weighted by atomic mass is 9.88. The zero-order valence-corrected chi connectivity index (χ0v) is 20.7. The van der Waals surface area contributed by atoms with E-state index in [0.717, 1.165) is 36.9 Å². The lowest BCUT2D eigenvalue weighted by molar-refractivity contribution is -0.149. The fraction of sp³-hybridized carbons (Fsp3) is 0.654. The van der Waals surface area contributed by atoms with Crippen molar-refractivity contribution in [3.05, 3.63) is 23.8 Å². The van der Waals surface area contributed by atoms with Gasteiger partial charge in [-0.1, -0.05) is 25.3 Å². The lowest BCUT2D eigenvalue weighted by Crippen LogP contribution is -2.51. The van der Waals surface area contributed by atoms with Crippen LogP contribution < -0.4 is 10.1 Å². The van der Waals surface area contributed by atoms with Crippen molar-refractivity contribution in [3.8, 4) is 5.75 Å². The lowest BCUT2D eigenvalue weighted by Gasteiger charge is -2.35. The molecule has 0 bridgehead atoms. The molecule has 0 spiro atoms. The van der Waals surface area contributed by atoms with E-state index in [4.69, 9.17) is 4.74 Å². The van der Waals surface area contributed by atoms with Crippen LogP contribution in [0.25, 0.3) is 0 Å². The second-order valence-electron chi connectivity index (χ2n) is 9.93. The van der Waals surface area contributed by atoms with Crippen LogP contribution in [0.15, 0.2) is 18.2 Å². The van der Waals surface area contributed by atoms with Crippen molar-refractivity contribution < 1.29 is 19.1 Å². The number of carbonyl (C=O) groups is 3. The number of benzene rings is 1. The molecule has 1 aromatic carbocycles. The number of nitrogens with zero attached hydrogens (tertiary/aromatic N) is 2. The second kappa shape index (κ2) is 11.0. The molecule has 0 saturated heterocycles. The van der Waals surface area contributed by atoms with Crippen LogP contribution in [0.5, 0.6) is 5.75 Å². The Morgan fingerprint density at radius 1 is 1.06 bits per heavy atom. The van der Waals surface area contributed by atoms with Crippen molar-refractivity contribution in [2.75, 3.05) is 32.1 Å². The van der Waals surface area contributed by atoms with Gasteiger partial charge in [0.05, 0.1) is 13.0 Å². The molecule has 1 unspecified atom stereocenters. The highest BCUT2D eigenvalue weighted by atomic mass is 16.5. The van der Waals surface area contributed by atoms with Crippen LogP contribution in [0.2, 0.25) is 0 Å². The molecular weight excluding hydrogens is 418 g/mol. The van der Waals surface area contributed by atoms with E-state index in [9.17, 15) is 14.4 Å². The molecule has 2 amide bonds. The predicted molar refractivity (Wildman–Crippen MR) is 130 cm³/mol. The molecule has 2 aliphatic rings. The number of nitrogens with one attached hydrogen (secondary N) is 1. The van der Waals surface area contributed by atoms with Crippen LogP contribution in [-0.2, 0) is 14.4 Å². The van der Waals surface area contributed by atoms with Gasteiger partial charge in [-0.3, -0.25) is 14.4 Å². The van der Waals surface area contributed by atoms with Crippen LogP contribution in [0.3, 0.4) is 0 Å². The third-order valence-corrected chi connectivity index (χ3v) is 6.88. The van der Waals surface area contributed by atoms with E-state index in [1.807, 2.05) is 45.9 Å². The van der Waals surface area contributed by atoms with Gasteiger partial charge in [-0.25, -0.2) is 0 Å². The Bertz CT molecular complexity index is 853. The van der Waals surface area contributed by atoms with Gasteiger partial charge in [-0.2, -0.15) is 0 Å². The van der Waals surface area contributed by atoms with Crippen LogP contribution >= 0.6 is 0 Å². The van der Waals surface area contributed by atoms with Gasteiger partial charge < -0.3 is 19.9 Å². The van der Waals surface area contributed by atoms with E-state index in [1.54, 1.807) is 12.0 Å². The van der Waals surface area contributed by atoms with E-state index in [-0.39, 0.29) is 24.5 Å². The Balaban J connectivity index is 1.80. The van der Waals surface area contributed by atoms with Crippen LogP contribution in [0.4, 0.5) is 5.69 Å². The monoisotopic (exact) mass is 457 g/mol. The molecule has 1 aromatic rings. The molecule has 1 N–H and O–H groups in total. The predicted octanol–water partition coefficient (Wildman–Crippen LogP) is 3.83. The van der Waals surface area contributed by atoms with Crippen molar-refractivity contribution >= 4 is 23.3 Å². The Morgan fingerprint density at radius 2 is 1.73 bits per heavy atom. The standard InChI is InChI=1S/C26H39N3O4/c1-17(2)29(18(3)4)24(30)16-28(15-19-9-7-6-8-10-19)26(32)25(31)22-14-27-23-13-20(33-5)11-12-21(22)23/h11-13,17-19,22,27H,6-10,14-16H2,1-5H3. The number of rotatable bonds is 9. The summed E-state index contributed by atoms with van der Waals surface area (Å²) in [4.78, 5) is 43.4. The smallest absolute Gasteiger partial charge is 0.291 e. The Kier molecular flexibility index (Phi) is 8.38. The Morgan fingerprint density at radius 3 is 2.33 bits per heavy atom. The number of fused-ring (bicyclic) bond motifs is 1. The molecule has 7 nitrogen and oxygen atoms in total. The molecule has 1 aliphatic carbocycles. The average Bonchev–Trinajstić information content (AvgIpc) is 3.21. The molecule has 1 saturated carbocycles. The molecule has 0 radical (unpaired) electrons. The number of amides is 2. The third-order valence-electron chi connectivity index (χ3n) is 6.88. The maximum absolute atomic E-state index is 13.5. The van der Waals surface area contributed by atoms with Crippen molar-refractivity contribution in [2.45, 2.75) is 77.8 Å². The summed E-state index contributed by atoms with van der Waals surface area (Å²) in [5, 5.41) is 3.22. The molecule has 1 aliphatic heterocycles. The zero-order chi connectivity index (χ0) is 24.1. The first-order valence-electron chi connectivity index (χ1n) is 12.3. The summed E-state index contributed by atoms with van der Waals surface area (Å²) in [6.07, 6.45) is 5.57. The van der Waals surface area contributed by atoms with Crippen LogP contribution in [-0.4, -0.2) is 66.2 Å². The van der Waals surface area contributed by atoms with E-state index < -0.39 is 17.6 Å². The number of hydrogen-bond acceptors (Lipinski definition) is 5.